The predicted octanol–water partition coefficient (Wildman–Crippen LogP) is 2.15. The fourth-order valence-electron chi connectivity index (χ4n) is 3.29. The summed E-state index contributed by atoms with van der Waals surface area (Å²) in [6.07, 6.45) is 6.40. The number of hydrogen-bond donors (Lipinski definition) is 1. The zero-order valence-electron chi connectivity index (χ0n) is 10.8. The first-order valence-corrected chi connectivity index (χ1v) is 6.92. The van der Waals surface area contributed by atoms with Crippen LogP contribution in [0.2, 0.25) is 0 Å². The third-order valence-electron chi connectivity index (χ3n) is 4.06. The molecular formula is C15H22N2. The van der Waals surface area contributed by atoms with Crippen LogP contribution in [-0.2, 0) is 19.3 Å². The van der Waals surface area contributed by atoms with Crippen LogP contribution >= 0.6 is 0 Å². The van der Waals surface area contributed by atoms with Gasteiger partial charge in [0.1, 0.15) is 0 Å². The lowest BCUT2D eigenvalue weighted by Gasteiger charge is -2.37. The normalized spacial score (nSPS) is 18.1. The Kier molecular flexibility index (Phi) is 3.06. The summed E-state index contributed by atoms with van der Waals surface area (Å²) >= 11 is 0. The summed E-state index contributed by atoms with van der Waals surface area (Å²) in [6.45, 7) is 3.63. The maximum atomic E-state index is 3.25. The highest BCUT2D eigenvalue weighted by Crippen LogP contribution is 2.36. The summed E-state index contributed by atoms with van der Waals surface area (Å²) < 4.78 is 0. The van der Waals surface area contributed by atoms with E-state index in [2.05, 4.69) is 22.3 Å². The molecule has 1 aromatic rings. The van der Waals surface area contributed by atoms with Crippen molar-refractivity contribution in [2.75, 3.05) is 31.6 Å². The number of aryl methyl sites for hydroxylation is 2. The zero-order chi connectivity index (χ0) is 11.7. The largest absolute Gasteiger partial charge is 0.371 e. The van der Waals surface area contributed by atoms with Gasteiger partial charge in [0.2, 0.25) is 0 Å². The second-order valence-corrected chi connectivity index (χ2v) is 5.31. The van der Waals surface area contributed by atoms with Gasteiger partial charge in [0.05, 0.1) is 0 Å². The van der Waals surface area contributed by atoms with Gasteiger partial charge in [-0.1, -0.05) is 12.1 Å². The van der Waals surface area contributed by atoms with Gasteiger partial charge in [0.25, 0.3) is 0 Å². The lowest BCUT2D eigenvalue weighted by molar-refractivity contribution is 0.632. The summed E-state index contributed by atoms with van der Waals surface area (Å²) in [5.74, 6) is 0. The highest BCUT2D eigenvalue weighted by molar-refractivity contribution is 5.64. The minimum Gasteiger partial charge on any atom is -0.371 e. The van der Waals surface area contributed by atoms with Crippen LogP contribution in [0.4, 0.5) is 5.69 Å². The Balaban J connectivity index is 1.96. The number of nitrogens with one attached hydrogen (secondary N) is 1. The van der Waals surface area contributed by atoms with E-state index in [1.165, 1.54) is 44.3 Å². The van der Waals surface area contributed by atoms with Crippen molar-refractivity contribution >= 4 is 5.69 Å². The first-order chi connectivity index (χ1) is 8.38. The molecule has 2 heteroatoms. The van der Waals surface area contributed by atoms with Gasteiger partial charge < -0.3 is 10.2 Å². The molecule has 1 N–H and O–H groups in total. The van der Waals surface area contributed by atoms with E-state index in [0.717, 1.165) is 13.0 Å². The number of nitrogens with zero attached hydrogens (tertiary/aromatic N) is 1. The molecule has 0 spiro atoms. The topological polar surface area (TPSA) is 15.3 Å². The molecule has 1 aromatic carbocycles. The molecule has 0 fully saturated rings. The van der Waals surface area contributed by atoms with Gasteiger partial charge in [-0.05, 0) is 62.4 Å². The van der Waals surface area contributed by atoms with Gasteiger partial charge in [-0.15, -0.1) is 0 Å². The first-order valence-electron chi connectivity index (χ1n) is 6.92. The van der Waals surface area contributed by atoms with Gasteiger partial charge >= 0.3 is 0 Å². The number of hydrogen-bond acceptors (Lipinski definition) is 2. The molecule has 0 radical (unpaired) electrons. The van der Waals surface area contributed by atoms with Crippen LogP contribution in [0.1, 0.15) is 29.5 Å². The Morgan fingerprint density at radius 3 is 2.35 bits per heavy atom. The Morgan fingerprint density at radius 1 is 1.12 bits per heavy atom. The average Bonchev–Trinajstić information content (AvgIpc) is 2.37. The second kappa shape index (κ2) is 4.69. The van der Waals surface area contributed by atoms with Crippen LogP contribution in [0.25, 0.3) is 0 Å². The predicted molar refractivity (Wildman–Crippen MR) is 72.9 cm³/mol. The van der Waals surface area contributed by atoms with Crippen molar-refractivity contribution in [3.63, 3.8) is 0 Å². The maximum absolute atomic E-state index is 3.25. The molecule has 0 saturated carbocycles. The van der Waals surface area contributed by atoms with Crippen LogP contribution < -0.4 is 10.2 Å². The molecular weight excluding hydrogens is 208 g/mol. The van der Waals surface area contributed by atoms with E-state index < -0.39 is 0 Å². The van der Waals surface area contributed by atoms with E-state index >= 15 is 0 Å². The van der Waals surface area contributed by atoms with Crippen LogP contribution in [-0.4, -0.2) is 26.7 Å². The second-order valence-electron chi connectivity index (χ2n) is 5.31. The molecule has 2 heterocycles. The van der Waals surface area contributed by atoms with Crippen molar-refractivity contribution in [3.8, 4) is 0 Å². The Bertz CT molecular complexity index is 380. The Hall–Kier alpha value is -1.02. The van der Waals surface area contributed by atoms with E-state index in [4.69, 9.17) is 0 Å². The zero-order valence-corrected chi connectivity index (χ0v) is 10.8. The summed E-state index contributed by atoms with van der Waals surface area (Å²) in [7, 11) is 2.03. The van der Waals surface area contributed by atoms with Gasteiger partial charge in [0, 0.05) is 18.8 Å². The van der Waals surface area contributed by atoms with Gasteiger partial charge in [-0.2, -0.15) is 0 Å². The standard InChI is InChI=1S/C15H22N2/c1-16-7-6-12-10-13-4-2-8-17-9-3-5-14(11-12)15(13)17/h10-11,16H,2-9H2,1H3. The van der Waals surface area contributed by atoms with Crippen LogP contribution in [0.15, 0.2) is 12.1 Å². The molecule has 0 amide bonds. The Labute approximate surface area is 104 Å². The van der Waals surface area contributed by atoms with E-state index in [9.17, 15) is 0 Å². The third-order valence-corrected chi connectivity index (χ3v) is 4.06. The van der Waals surface area contributed by atoms with E-state index in [-0.39, 0.29) is 0 Å². The van der Waals surface area contributed by atoms with E-state index in [0.29, 0.717) is 0 Å². The molecule has 2 nitrogen and oxygen atoms in total. The van der Waals surface area contributed by atoms with Crippen molar-refractivity contribution in [2.24, 2.45) is 0 Å². The van der Waals surface area contributed by atoms with Gasteiger partial charge in [0.15, 0.2) is 0 Å². The lowest BCUT2D eigenvalue weighted by Crippen LogP contribution is -2.34. The molecule has 0 atom stereocenters. The highest BCUT2D eigenvalue weighted by Gasteiger charge is 2.23. The molecule has 3 rings (SSSR count). The molecule has 2 aliphatic rings. The molecule has 2 aliphatic heterocycles. The minimum atomic E-state index is 1.09. The molecule has 0 aliphatic carbocycles. The quantitative estimate of drug-likeness (QED) is 0.856. The molecule has 0 unspecified atom stereocenters. The van der Waals surface area contributed by atoms with Crippen LogP contribution in [0.3, 0.4) is 0 Å². The van der Waals surface area contributed by atoms with Crippen molar-refractivity contribution in [3.05, 3.63) is 28.8 Å². The number of likely N-dealkylation sites (N-methyl/N-ethyl adjacent to an activating group) is 1. The number of anilines is 1. The third kappa shape index (κ3) is 2.06. The highest BCUT2D eigenvalue weighted by atomic mass is 15.1. The van der Waals surface area contributed by atoms with Crippen LogP contribution in [0.5, 0.6) is 0 Å². The molecule has 0 saturated heterocycles. The average molecular weight is 230 g/mol. The maximum Gasteiger partial charge on any atom is 0.0431 e. The van der Waals surface area contributed by atoms with Gasteiger partial charge in [-0.25, -0.2) is 0 Å². The van der Waals surface area contributed by atoms with Crippen molar-refractivity contribution in [2.45, 2.75) is 32.1 Å². The number of rotatable bonds is 3. The molecule has 17 heavy (non-hydrogen) atoms. The number of benzene rings is 1. The van der Waals surface area contributed by atoms with Crippen molar-refractivity contribution < 1.29 is 0 Å². The summed E-state index contributed by atoms with van der Waals surface area (Å²) in [5.41, 5.74) is 6.34. The Morgan fingerprint density at radius 2 is 1.76 bits per heavy atom. The SMILES string of the molecule is CNCCc1cc2c3c(c1)CCCN3CCC2. The minimum absolute atomic E-state index is 1.09. The molecule has 92 valence electrons. The summed E-state index contributed by atoms with van der Waals surface area (Å²) in [6, 6.07) is 4.90. The van der Waals surface area contributed by atoms with Crippen LogP contribution in [0, 0.1) is 0 Å². The molecule has 0 aromatic heterocycles. The van der Waals surface area contributed by atoms with E-state index in [1.54, 1.807) is 16.8 Å². The van der Waals surface area contributed by atoms with E-state index in [1.807, 2.05) is 7.05 Å². The monoisotopic (exact) mass is 230 g/mol. The molecule has 0 bridgehead atoms. The van der Waals surface area contributed by atoms with Gasteiger partial charge in [-0.3, -0.25) is 0 Å². The smallest absolute Gasteiger partial charge is 0.0431 e. The summed E-state index contributed by atoms with van der Waals surface area (Å²) in [4.78, 5) is 2.61. The fourth-order valence-corrected chi connectivity index (χ4v) is 3.29. The fraction of sp³-hybridized carbons (Fsp3) is 0.600. The summed E-state index contributed by atoms with van der Waals surface area (Å²) in [5, 5.41) is 3.25. The lowest BCUT2D eigenvalue weighted by atomic mass is 9.89. The first kappa shape index (κ1) is 11.1. The van der Waals surface area contributed by atoms with Crippen molar-refractivity contribution in [1.82, 2.24) is 5.32 Å². The van der Waals surface area contributed by atoms with Crippen molar-refractivity contribution in [1.29, 1.82) is 0 Å².